The Balaban J connectivity index is 1.68. The zero-order chi connectivity index (χ0) is 17.6. The number of nitrogens with zero attached hydrogens (tertiary/aromatic N) is 2. The molecule has 1 saturated heterocycles. The average Bonchev–Trinajstić information content (AvgIpc) is 2.67. The van der Waals surface area contributed by atoms with E-state index in [4.69, 9.17) is 0 Å². The van der Waals surface area contributed by atoms with Gasteiger partial charge in [0.25, 0.3) is 0 Å². The van der Waals surface area contributed by atoms with Gasteiger partial charge in [-0.3, -0.25) is 0 Å². The van der Waals surface area contributed by atoms with Crippen LogP contribution in [0.3, 0.4) is 0 Å². The third-order valence-electron chi connectivity index (χ3n) is 4.59. The summed E-state index contributed by atoms with van der Waals surface area (Å²) in [5.41, 5.74) is 4.62. The molecule has 0 aromatic heterocycles. The van der Waals surface area contributed by atoms with Crippen molar-refractivity contribution in [3.63, 3.8) is 0 Å². The van der Waals surface area contributed by atoms with Gasteiger partial charge in [-0.25, -0.2) is 4.79 Å². The SMILES string of the molecule is COC(=O)/C=C/c1ccc(-c2ccc(N3CCN(C)CC3)cc2)cc1. The molecule has 0 unspecified atom stereocenters. The van der Waals surface area contributed by atoms with E-state index in [1.54, 1.807) is 6.08 Å². The summed E-state index contributed by atoms with van der Waals surface area (Å²) in [6.07, 6.45) is 3.19. The third-order valence-corrected chi connectivity index (χ3v) is 4.59. The lowest BCUT2D eigenvalue weighted by Crippen LogP contribution is -2.44. The van der Waals surface area contributed by atoms with Gasteiger partial charge in [0.1, 0.15) is 0 Å². The van der Waals surface area contributed by atoms with Gasteiger partial charge < -0.3 is 14.5 Å². The van der Waals surface area contributed by atoms with Crippen molar-refractivity contribution >= 4 is 17.7 Å². The number of piperazine rings is 1. The van der Waals surface area contributed by atoms with Crippen molar-refractivity contribution in [3.05, 3.63) is 60.2 Å². The number of likely N-dealkylation sites (N-methyl/N-ethyl adjacent to an activating group) is 1. The molecule has 0 saturated carbocycles. The van der Waals surface area contributed by atoms with Gasteiger partial charge in [-0.1, -0.05) is 36.4 Å². The normalized spacial score (nSPS) is 15.5. The number of benzene rings is 2. The minimum Gasteiger partial charge on any atom is -0.466 e. The molecule has 0 aliphatic carbocycles. The number of methoxy groups -OCH3 is 1. The minimum atomic E-state index is -0.344. The predicted molar refractivity (Wildman–Crippen MR) is 103 cm³/mol. The molecule has 1 fully saturated rings. The van der Waals surface area contributed by atoms with Crippen molar-refractivity contribution in [1.82, 2.24) is 4.90 Å². The van der Waals surface area contributed by atoms with Crippen molar-refractivity contribution in [3.8, 4) is 11.1 Å². The van der Waals surface area contributed by atoms with E-state index in [-0.39, 0.29) is 5.97 Å². The van der Waals surface area contributed by atoms with Crippen molar-refractivity contribution in [2.45, 2.75) is 0 Å². The second kappa shape index (κ2) is 7.99. The number of hydrogen-bond acceptors (Lipinski definition) is 4. The first-order valence-electron chi connectivity index (χ1n) is 8.56. The number of anilines is 1. The van der Waals surface area contributed by atoms with Crippen LogP contribution in [0.2, 0.25) is 0 Å². The Hall–Kier alpha value is -2.59. The molecule has 1 heterocycles. The fourth-order valence-corrected chi connectivity index (χ4v) is 2.95. The molecule has 2 aromatic carbocycles. The molecule has 0 bridgehead atoms. The van der Waals surface area contributed by atoms with E-state index >= 15 is 0 Å². The van der Waals surface area contributed by atoms with Gasteiger partial charge in [0.2, 0.25) is 0 Å². The van der Waals surface area contributed by atoms with Crippen LogP contribution in [0.5, 0.6) is 0 Å². The largest absolute Gasteiger partial charge is 0.466 e. The summed E-state index contributed by atoms with van der Waals surface area (Å²) in [6.45, 7) is 4.39. The molecule has 2 aromatic rings. The zero-order valence-corrected chi connectivity index (χ0v) is 14.8. The molecule has 130 valence electrons. The van der Waals surface area contributed by atoms with E-state index in [1.807, 2.05) is 12.1 Å². The van der Waals surface area contributed by atoms with Crippen LogP contribution in [-0.4, -0.2) is 51.2 Å². The van der Waals surface area contributed by atoms with Crippen molar-refractivity contribution in [1.29, 1.82) is 0 Å². The average molecular weight is 336 g/mol. The second-order valence-corrected chi connectivity index (χ2v) is 6.32. The number of esters is 1. The Morgan fingerprint density at radius 3 is 2.04 bits per heavy atom. The summed E-state index contributed by atoms with van der Waals surface area (Å²) in [6, 6.07) is 16.9. The van der Waals surface area contributed by atoms with Crippen LogP contribution in [0.1, 0.15) is 5.56 Å². The number of ether oxygens (including phenoxy) is 1. The van der Waals surface area contributed by atoms with Gasteiger partial charge in [0.05, 0.1) is 7.11 Å². The van der Waals surface area contributed by atoms with Gasteiger partial charge in [0.15, 0.2) is 0 Å². The molecule has 0 radical (unpaired) electrons. The molecular weight excluding hydrogens is 312 g/mol. The van der Waals surface area contributed by atoms with Gasteiger partial charge in [-0.2, -0.15) is 0 Å². The summed E-state index contributed by atoms with van der Waals surface area (Å²) in [4.78, 5) is 15.9. The molecule has 4 nitrogen and oxygen atoms in total. The minimum absolute atomic E-state index is 0.344. The Kier molecular flexibility index (Phi) is 5.51. The Bertz CT molecular complexity index is 727. The van der Waals surface area contributed by atoms with E-state index in [1.165, 1.54) is 30.0 Å². The van der Waals surface area contributed by atoms with Crippen molar-refractivity contribution in [2.24, 2.45) is 0 Å². The van der Waals surface area contributed by atoms with E-state index in [0.29, 0.717) is 0 Å². The first-order valence-corrected chi connectivity index (χ1v) is 8.56. The van der Waals surface area contributed by atoms with Crippen LogP contribution in [0.4, 0.5) is 5.69 Å². The summed E-state index contributed by atoms with van der Waals surface area (Å²) in [5, 5.41) is 0. The first kappa shape index (κ1) is 17.2. The van der Waals surface area contributed by atoms with Crippen LogP contribution in [0.25, 0.3) is 17.2 Å². The predicted octanol–water partition coefficient (Wildman–Crippen LogP) is 3.29. The zero-order valence-electron chi connectivity index (χ0n) is 14.8. The van der Waals surface area contributed by atoms with Gasteiger partial charge in [-0.15, -0.1) is 0 Å². The first-order chi connectivity index (χ1) is 12.2. The molecule has 0 atom stereocenters. The lowest BCUT2D eigenvalue weighted by atomic mass is 10.0. The smallest absolute Gasteiger partial charge is 0.330 e. The Morgan fingerprint density at radius 2 is 1.48 bits per heavy atom. The maximum Gasteiger partial charge on any atom is 0.330 e. The third kappa shape index (κ3) is 4.48. The highest BCUT2D eigenvalue weighted by Gasteiger charge is 2.13. The lowest BCUT2D eigenvalue weighted by molar-refractivity contribution is -0.134. The van der Waals surface area contributed by atoms with Crippen molar-refractivity contribution in [2.75, 3.05) is 45.2 Å². The van der Waals surface area contributed by atoms with Gasteiger partial charge in [0, 0.05) is 37.9 Å². The van der Waals surface area contributed by atoms with Gasteiger partial charge in [-0.05, 0) is 41.9 Å². The monoisotopic (exact) mass is 336 g/mol. The van der Waals surface area contributed by atoms with E-state index in [2.05, 4.69) is 58.0 Å². The van der Waals surface area contributed by atoms with Crippen LogP contribution < -0.4 is 4.90 Å². The molecular formula is C21H24N2O2. The van der Waals surface area contributed by atoms with Gasteiger partial charge >= 0.3 is 5.97 Å². The maximum absolute atomic E-state index is 11.1. The highest BCUT2D eigenvalue weighted by atomic mass is 16.5. The Labute approximate surface area is 149 Å². The second-order valence-electron chi connectivity index (χ2n) is 6.32. The lowest BCUT2D eigenvalue weighted by Gasteiger charge is -2.34. The summed E-state index contributed by atoms with van der Waals surface area (Å²) < 4.78 is 4.60. The van der Waals surface area contributed by atoms with Crippen molar-refractivity contribution < 1.29 is 9.53 Å². The highest BCUT2D eigenvalue weighted by Crippen LogP contribution is 2.24. The Morgan fingerprint density at radius 1 is 0.920 bits per heavy atom. The fraction of sp³-hybridized carbons (Fsp3) is 0.286. The molecule has 0 amide bonds. The molecule has 0 N–H and O–H groups in total. The quantitative estimate of drug-likeness (QED) is 0.634. The fourth-order valence-electron chi connectivity index (χ4n) is 2.95. The summed E-state index contributed by atoms with van der Waals surface area (Å²) in [7, 11) is 3.55. The molecule has 25 heavy (non-hydrogen) atoms. The molecule has 3 rings (SSSR count). The van der Waals surface area contributed by atoms with Crippen LogP contribution in [0.15, 0.2) is 54.6 Å². The standard InChI is InChI=1S/C21H24N2O2/c1-22-13-15-23(16-14-22)20-10-8-19(9-11-20)18-6-3-17(4-7-18)5-12-21(24)25-2/h3-12H,13-16H2,1-2H3/b12-5+. The van der Waals surface area contributed by atoms with E-state index in [0.717, 1.165) is 31.7 Å². The van der Waals surface area contributed by atoms with Crippen LogP contribution in [-0.2, 0) is 9.53 Å². The van der Waals surface area contributed by atoms with Crippen LogP contribution >= 0.6 is 0 Å². The van der Waals surface area contributed by atoms with Crippen LogP contribution in [0, 0.1) is 0 Å². The van der Waals surface area contributed by atoms with E-state index in [9.17, 15) is 4.79 Å². The number of rotatable bonds is 4. The van der Waals surface area contributed by atoms with E-state index < -0.39 is 0 Å². The highest BCUT2D eigenvalue weighted by molar-refractivity contribution is 5.87. The number of hydrogen-bond donors (Lipinski definition) is 0. The topological polar surface area (TPSA) is 32.8 Å². The maximum atomic E-state index is 11.1. The molecule has 4 heteroatoms. The molecule has 1 aliphatic heterocycles. The number of carbonyl (C=O) groups excluding carboxylic acids is 1. The molecule has 0 spiro atoms. The summed E-state index contributed by atoms with van der Waals surface area (Å²) >= 11 is 0. The molecule has 1 aliphatic rings. The number of carbonyl (C=O) groups is 1. The summed E-state index contributed by atoms with van der Waals surface area (Å²) in [5.74, 6) is -0.344.